The lowest BCUT2D eigenvalue weighted by molar-refractivity contribution is -0.123. The van der Waals surface area contributed by atoms with E-state index in [1.165, 1.54) is 0 Å². The van der Waals surface area contributed by atoms with E-state index in [9.17, 15) is 9.59 Å². The first-order valence-electron chi connectivity index (χ1n) is 5.97. The second kappa shape index (κ2) is 5.46. The van der Waals surface area contributed by atoms with Gasteiger partial charge in [0.2, 0.25) is 5.91 Å². The Bertz CT molecular complexity index is 525. The van der Waals surface area contributed by atoms with Gasteiger partial charge in [0.05, 0.1) is 16.7 Å². The number of hydrogen-bond donors (Lipinski definition) is 3. The lowest BCUT2D eigenvalue weighted by Crippen LogP contribution is -2.35. The molecule has 19 heavy (non-hydrogen) atoms. The molecule has 0 bridgehead atoms. The fraction of sp³-hybridized carbons (Fsp3) is 0.385. The molecule has 1 heterocycles. The van der Waals surface area contributed by atoms with Crippen LogP contribution in [0.2, 0.25) is 0 Å². The van der Waals surface area contributed by atoms with E-state index >= 15 is 0 Å². The summed E-state index contributed by atoms with van der Waals surface area (Å²) in [7, 11) is 0. The number of anilines is 1. The average molecular weight is 374 g/mol. The van der Waals surface area contributed by atoms with E-state index in [0.717, 1.165) is 16.5 Å². The Kier molecular flexibility index (Phi) is 4.10. The van der Waals surface area contributed by atoms with Crippen molar-refractivity contribution in [3.8, 4) is 0 Å². The summed E-state index contributed by atoms with van der Waals surface area (Å²) in [6.45, 7) is 3.31. The number of carbonyl (C=O) groups is 2. The van der Waals surface area contributed by atoms with Crippen LogP contribution in [-0.4, -0.2) is 30.1 Å². The molecule has 3 N–H and O–H groups in total. The standard InChI is InChI=1S/C13H15IN2O3/c1-13(4-5-15-7-13)12(19)16-10-3-2-8(14)6-9(10)11(17)18/h2-3,6,15H,4-5,7H2,1H3,(H,16,19)(H,17,18). The zero-order chi connectivity index (χ0) is 14.0. The highest BCUT2D eigenvalue weighted by molar-refractivity contribution is 14.1. The minimum Gasteiger partial charge on any atom is -0.478 e. The number of rotatable bonds is 3. The molecule has 2 rings (SSSR count). The maximum atomic E-state index is 12.3. The molecular weight excluding hydrogens is 359 g/mol. The molecule has 1 fully saturated rings. The zero-order valence-corrected chi connectivity index (χ0v) is 12.7. The van der Waals surface area contributed by atoms with Crippen LogP contribution in [0.1, 0.15) is 23.7 Å². The number of nitrogens with one attached hydrogen (secondary N) is 2. The Morgan fingerprint density at radius 1 is 1.47 bits per heavy atom. The molecule has 1 aliphatic heterocycles. The van der Waals surface area contributed by atoms with E-state index in [-0.39, 0.29) is 11.5 Å². The van der Waals surface area contributed by atoms with Crippen molar-refractivity contribution >= 4 is 40.2 Å². The summed E-state index contributed by atoms with van der Waals surface area (Å²) in [4.78, 5) is 23.4. The van der Waals surface area contributed by atoms with Crippen molar-refractivity contribution in [1.82, 2.24) is 5.32 Å². The van der Waals surface area contributed by atoms with Gasteiger partial charge in [0.25, 0.3) is 0 Å². The minimum absolute atomic E-state index is 0.120. The van der Waals surface area contributed by atoms with Gasteiger partial charge in [-0.05, 0) is 60.7 Å². The number of carboxylic acid groups (broad SMARTS) is 1. The summed E-state index contributed by atoms with van der Waals surface area (Å²) >= 11 is 2.04. The van der Waals surface area contributed by atoms with Crippen molar-refractivity contribution in [1.29, 1.82) is 0 Å². The molecule has 1 atom stereocenters. The van der Waals surface area contributed by atoms with Gasteiger partial charge in [-0.2, -0.15) is 0 Å². The number of carbonyl (C=O) groups excluding carboxylic acids is 1. The van der Waals surface area contributed by atoms with Crippen molar-refractivity contribution in [3.63, 3.8) is 0 Å². The van der Waals surface area contributed by atoms with Gasteiger partial charge in [0.1, 0.15) is 0 Å². The summed E-state index contributed by atoms with van der Waals surface area (Å²) in [6, 6.07) is 4.96. The van der Waals surface area contributed by atoms with Crippen LogP contribution in [0.3, 0.4) is 0 Å². The Morgan fingerprint density at radius 3 is 2.79 bits per heavy atom. The van der Waals surface area contributed by atoms with Crippen molar-refractivity contribution in [2.24, 2.45) is 5.41 Å². The monoisotopic (exact) mass is 374 g/mol. The molecule has 1 saturated heterocycles. The van der Waals surface area contributed by atoms with E-state index in [2.05, 4.69) is 10.6 Å². The molecule has 0 aliphatic carbocycles. The molecule has 1 aromatic rings. The number of halogens is 1. The predicted octanol–water partition coefficient (Wildman–Crippen LogP) is 1.93. The normalized spacial score (nSPS) is 22.2. The predicted molar refractivity (Wildman–Crippen MR) is 80.3 cm³/mol. The maximum Gasteiger partial charge on any atom is 0.337 e. The topological polar surface area (TPSA) is 78.4 Å². The van der Waals surface area contributed by atoms with Crippen molar-refractivity contribution in [2.45, 2.75) is 13.3 Å². The lowest BCUT2D eigenvalue weighted by atomic mass is 9.88. The van der Waals surface area contributed by atoms with Gasteiger partial charge in [-0.15, -0.1) is 0 Å². The largest absolute Gasteiger partial charge is 0.478 e. The Balaban J connectivity index is 2.23. The number of aromatic carboxylic acids is 1. The third kappa shape index (κ3) is 3.06. The molecule has 0 saturated carbocycles. The number of amides is 1. The first kappa shape index (κ1) is 14.3. The molecule has 1 amide bonds. The van der Waals surface area contributed by atoms with E-state index in [0.29, 0.717) is 12.2 Å². The molecule has 5 nitrogen and oxygen atoms in total. The third-order valence-electron chi connectivity index (χ3n) is 3.38. The molecule has 0 radical (unpaired) electrons. The molecule has 1 unspecified atom stereocenters. The fourth-order valence-corrected chi connectivity index (χ4v) is 2.58. The second-order valence-corrected chi connectivity index (χ2v) is 6.18. The van der Waals surface area contributed by atoms with Crippen LogP contribution in [0.25, 0.3) is 0 Å². The molecule has 102 valence electrons. The Morgan fingerprint density at radius 2 is 2.21 bits per heavy atom. The summed E-state index contributed by atoms with van der Waals surface area (Å²) in [5.74, 6) is -1.18. The van der Waals surface area contributed by atoms with Crippen molar-refractivity contribution < 1.29 is 14.7 Å². The van der Waals surface area contributed by atoms with Gasteiger partial charge < -0.3 is 15.7 Å². The maximum absolute atomic E-state index is 12.3. The van der Waals surface area contributed by atoms with Gasteiger partial charge in [-0.1, -0.05) is 0 Å². The van der Waals surface area contributed by atoms with Crippen molar-refractivity contribution in [3.05, 3.63) is 27.3 Å². The fourth-order valence-electron chi connectivity index (χ4n) is 2.09. The zero-order valence-electron chi connectivity index (χ0n) is 10.5. The molecule has 0 aromatic heterocycles. The van der Waals surface area contributed by atoms with Crippen LogP contribution in [0.5, 0.6) is 0 Å². The van der Waals surface area contributed by atoms with E-state index in [1.54, 1.807) is 18.2 Å². The summed E-state index contributed by atoms with van der Waals surface area (Å²) in [6.07, 6.45) is 0.756. The number of benzene rings is 1. The summed E-state index contributed by atoms with van der Waals surface area (Å²) in [5.41, 5.74) is -0.000436. The highest BCUT2D eigenvalue weighted by Gasteiger charge is 2.36. The van der Waals surface area contributed by atoms with E-state index in [1.807, 2.05) is 29.5 Å². The number of carboxylic acids is 1. The molecule has 6 heteroatoms. The Hall–Kier alpha value is -1.15. The van der Waals surface area contributed by atoms with Crippen LogP contribution in [0, 0.1) is 8.99 Å². The third-order valence-corrected chi connectivity index (χ3v) is 4.05. The highest BCUT2D eigenvalue weighted by Crippen LogP contribution is 2.27. The smallest absolute Gasteiger partial charge is 0.337 e. The first-order valence-corrected chi connectivity index (χ1v) is 7.05. The molecule has 0 spiro atoms. The minimum atomic E-state index is -1.04. The number of hydrogen-bond acceptors (Lipinski definition) is 3. The van der Waals surface area contributed by atoms with Gasteiger partial charge in [0, 0.05) is 10.1 Å². The van der Waals surface area contributed by atoms with E-state index < -0.39 is 11.4 Å². The molecule has 1 aliphatic rings. The lowest BCUT2D eigenvalue weighted by Gasteiger charge is -2.22. The average Bonchev–Trinajstić information content (AvgIpc) is 2.79. The quantitative estimate of drug-likeness (QED) is 0.707. The van der Waals surface area contributed by atoms with Gasteiger partial charge in [-0.3, -0.25) is 4.79 Å². The Labute approximate surface area is 124 Å². The van der Waals surface area contributed by atoms with Crippen LogP contribution >= 0.6 is 22.6 Å². The van der Waals surface area contributed by atoms with Crippen LogP contribution in [0.4, 0.5) is 5.69 Å². The van der Waals surface area contributed by atoms with Gasteiger partial charge >= 0.3 is 5.97 Å². The van der Waals surface area contributed by atoms with Gasteiger partial charge in [0.15, 0.2) is 0 Å². The SMILES string of the molecule is CC1(C(=O)Nc2ccc(I)cc2C(=O)O)CCNC1. The van der Waals surface area contributed by atoms with E-state index in [4.69, 9.17) is 5.11 Å². The molecular formula is C13H15IN2O3. The summed E-state index contributed by atoms with van der Waals surface area (Å²) < 4.78 is 0.821. The highest BCUT2D eigenvalue weighted by atomic mass is 127. The van der Waals surface area contributed by atoms with Crippen LogP contribution in [-0.2, 0) is 4.79 Å². The van der Waals surface area contributed by atoms with Crippen molar-refractivity contribution in [2.75, 3.05) is 18.4 Å². The second-order valence-electron chi connectivity index (χ2n) is 4.94. The van der Waals surface area contributed by atoms with Gasteiger partial charge in [-0.25, -0.2) is 4.79 Å². The van der Waals surface area contributed by atoms with Crippen LogP contribution < -0.4 is 10.6 Å². The van der Waals surface area contributed by atoms with Crippen LogP contribution in [0.15, 0.2) is 18.2 Å². The summed E-state index contributed by atoms with van der Waals surface area (Å²) in [5, 5.41) is 15.1. The first-order chi connectivity index (χ1) is 8.92. The molecule has 1 aromatic carbocycles.